The zero-order valence-corrected chi connectivity index (χ0v) is 10.7. The lowest BCUT2D eigenvalue weighted by molar-refractivity contribution is -0.134. The Morgan fingerprint density at radius 1 is 1.15 bits per heavy atom. The molecule has 0 atom stereocenters. The molecule has 6 heteroatoms. The fraction of sp³-hybridized carbons (Fsp3) is 0.429. The van der Waals surface area contributed by atoms with Gasteiger partial charge in [-0.25, -0.2) is 8.78 Å². The van der Waals surface area contributed by atoms with Gasteiger partial charge >= 0.3 is 0 Å². The SMILES string of the molecule is O=C(Nc1ccc(F)cc1F)C1(C(=O)NC2CC2)CC1. The molecule has 106 valence electrons. The highest BCUT2D eigenvalue weighted by atomic mass is 19.1. The van der Waals surface area contributed by atoms with Crippen molar-refractivity contribution in [2.75, 3.05) is 5.32 Å². The summed E-state index contributed by atoms with van der Waals surface area (Å²) in [5.41, 5.74) is -1.19. The first kappa shape index (κ1) is 13.0. The first-order valence-corrected chi connectivity index (χ1v) is 6.59. The lowest BCUT2D eigenvalue weighted by Crippen LogP contribution is -2.41. The molecule has 2 saturated carbocycles. The predicted molar refractivity (Wildman–Crippen MR) is 67.8 cm³/mol. The Kier molecular flexibility index (Phi) is 2.96. The van der Waals surface area contributed by atoms with E-state index in [-0.39, 0.29) is 17.6 Å². The Hall–Kier alpha value is -1.98. The van der Waals surface area contributed by atoms with Crippen molar-refractivity contribution >= 4 is 17.5 Å². The maximum Gasteiger partial charge on any atom is 0.240 e. The predicted octanol–water partition coefficient (Wildman–Crippen LogP) is 1.96. The maximum absolute atomic E-state index is 13.5. The van der Waals surface area contributed by atoms with Gasteiger partial charge in [-0.2, -0.15) is 0 Å². The topological polar surface area (TPSA) is 58.2 Å². The van der Waals surface area contributed by atoms with E-state index in [4.69, 9.17) is 0 Å². The lowest BCUT2D eigenvalue weighted by atomic mass is 10.0. The lowest BCUT2D eigenvalue weighted by Gasteiger charge is -2.15. The molecule has 0 heterocycles. The van der Waals surface area contributed by atoms with E-state index in [0.717, 1.165) is 25.0 Å². The normalized spacial score (nSPS) is 19.3. The minimum absolute atomic E-state index is 0.109. The van der Waals surface area contributed by atoms with Crippen LogP contribution in [0.2, 0.25) is 0 Å². The zero-order chi connectivity index (χ0) is 14.3. The van der Waals surface area contributed by atoms with Gasteiger partial charge in [0.15, 0.2) is 0 Å². The summed E-state index contributed by atoms with van der Waals surface area (Å²) >= 11 is 0. The number of benzene rings is 1. The minimum atomic E-state index is -1.08. The number of nitrogens with one attached hydrogen (secondary N) is 2. The van der Waals surface area contributed by atoms with Crippen LogP contribution >= 0.6 is 0 Å². The molecule has 1 aromatic rings. The van der Waals surface area contributed by atoms with Crippen molar-refractivity contribution in [2.45, 2.75) is 31.7 Å². The summed E-state index contributed by atoms with van der Waals surface area (Å²) in [5, 5.41) is 5.17. The monoisotopic (exact) mass is 280 g/mol. The largest absolute Gasteiger partial charge is 0.352 e. The standard InChI is InChI=1S/C14H14F2N2O2/c15-8-1-4-11(10(16)7-8)18-13(20)14(5-6-14)12(19)17-9-2-3-9/h1,4,7,9H,2-3,5-6H2,(H,17,19)(H,18,20). The summed E-state index contributed by atoms with van der Waals surface area (Å²) in [6.45, 7) is 0. The molecule has 2 aliphatic rings. The van der Waals surface area contributed by atoms with Crippen LogP contribution in [-0.4, -0.2) is 17.9 Å². The second-order valence-electron chi connectivity index (χ2n) is 5.41. The van der Waals surface area contributed by atoms with Crippen molar-refractivity contribution in [3.05, 3.63) is 29.8 Å². The van der Waals surface area contributed by atoms with Crippen LogP contribution in [0.25, 0.3) is 0 Å². The molecule has 2 amide bonds. The molecule has 0 saturated heterocycles. The summed E-state index contributed by atoms with van der Waals surface area (Å²) in [4.78, 5) is 24.2. The highest BCUT2D eigenvalue weighted by Gasteiger charge is 2.57. The average molecular weight is 280 g/mol. The number of amides is 2. The molecule has 2 N–H and O–H groups in total. The van der Waals surface area contributed by atoms with Crippen LogP contribution in [0, 0.1) is 17.0 Å². The summed E-state index contributed by atoms with van der Waals surface area (Å²) in [6, 6.07) is 3.08. The zero-order valence-electron chi connectivity index (χ0n) is 10.7. The number of carbonyl (C=O) groups is 2. The van der Waals surface area contributed by atoms with Crippen LogP contribution in [0.5, 0.6) is 0 Å². The van der Waals surface area contributed by atoms with Gasteiger partial charge in [-0.3, -0.25) is 9.59 Å². The van der Waals surface area contributed by atoms with Gasteiger partial charge in [-0.1, -0.05) is 0 Å². The molecule has 4 nitrogen and oxygen atoms in total. The van der Waals surface area contributed by atoms with Gasteiger partial charge in [-0.15, -0.1) is 0 Å². The fourth-order valence-electron chi connectivity index (χ4n) is 2.07. The third kappa shape index (κ3) is 2.37. The van der Waals surface area contributed by atoms with Gasteiger partial charge in [0.1, 0.15) is 17.0 Å². The van der Waals surface area contributed by atoms with Crippen molar-refractivity contribution in [3.63, 3.8) is 0 Å². The molecule has 3 rings (SSSR count). The van der Waals surface area contributed by atoms with Crippen LogP contribution in [0.15, 0.2) is 18.2 Å². The van der Waals surface area contributed by atoms with Crippen molar-refractivity contribution in [1.29, 1.82) is 0 Å². The van der Waals surface area contributed by atoms with Gasteiger partial charge < -0.3 is 10.6 Å². The number of rotatable bonds is 4. The fourth-order valence-corrected chi connectivity index (χ4v) is 2.07. The van der Waals surface area contributed by atoms with Gasteiger partial charge in [0, 0.05) is 12.1 Å². The van der Waals surface area contributed by atoms with Crippen molar-refractivity contribution in [1.82, 2.24) is 5.32 Å². The molecule has 2 aliphatic carbocycles. The highest BCUT2D eigenvalue weighted by Crippen LogP contribution is 2.47. The summed E-state index contributed by atoms with van der Waals surface area (Å²) in [7, 11) is 0. The Labute approximate surface area is 114 Å². The van der Waals surface area contributed by atoms with E-state index in [1.807, 2.05) is 0 Å². The summed E-state index contributed by atoms with van der Waals surface area (Å²) in [6.07, 6.45) is 2.80. The first-order chi connectivity index (χ1) is 9.51. The van der Waals surface area contributed by atoms with Crippen molar-refractivity contribution in [3.8, 4) is 0 Å². The second kappa shape index (κ2) is 4.54. The Morgan fingerprint density at radius 2 is 1.85 bits per heavy atom. The number of hydrogen-bond donors (Lipinski definition) is 2. The molecule has 0 spiro atoms. The first-order valence-electron chi connectivity index (χ1n) is 6.59. The van der Waals surface area contributed by atoms with E-state index in [2.05, 4.69) is 10.6 Å². The quantitative estimate of drug-likeness (QED) is 0.828. The Balaban J connectivity index is 1.70. The van der Waals surface area contributed by atoms with Crippen LogP contribution in [0.4, 0.5) is 14.5 Å². The van der Waals surface area contributed by atoms with Crippen LogP contribution in [-0.2, 0) is 9.59 Å². The van der Waals surface area contributed by atoms with Crippen LogP contribution in [0.1, 0.15) is 25.7 Å². The van der Waals surface area contributed by atoms with Gasteiger partial charge in [0.25, 0.3) is 0 Å². The maximum atomic E-state index is 13.5. The van der Waals surface area contributed by atoms with E-state index in [9.17, 15) is 18.4 Å². The molecule has 0 unspecified atom stereocenters. The third-order valence-corrected chi connectivity index (χ3v) is 3.71. The van der Waals surface area contributed by atoms with E-state index < -0.39 is 23.0 Å². The van der Waals surface area contributed by atoms with Gasteiger partial charge in [0.05, 0.1) is 5.69 Å². The number of anilines is 1. The molecule has 0 bridgehead atoms. The second-order valence-corrected chi connectivity index (χ2v) is 5.41. The average Bonchev–Trinajstić information content (AvgIpc) is 3.24. The van der Waals surface area contributed by atoms with Gasteiger partial charge in [0.2, 0.25) is 11.8 Å². The molecular weight excluding hydrogens is 266 g/mol. The van der Waals surface area contributed by atoms with Crippen molar-refractivity contribution < 1.29 is 18.4 Å². The van der Waals surface area contributed by atoms with E-state index in [0.29, 0.717) is 18.9 Å². The van der Waals surface area contributed by atoms with E-state index in [1.54, 1.807) is 0 Å². The third-order valence-electron chi connectivity index (χ3n) is 3.71. The summed E-state index contributed by atoms with van der Waals surface area (Å²) in [5.74, 6) is -2.38. The number of halogens is 2. The Morgan fingerprint density at radius 3 is 2.40 bits per heavy atom. The molecular formula is C14H14F2N2O2. The molecule has 0 radical (unpaired) electrons. The van der Waals surface area contributed by atoms with Crippen LogP contribution in [0.3, 0.4) is 0 Å². The van der Waals surface area contributed by atoms with Crippen LogP contribution < -0.4 is 10.6 Å². The molecule has 0 aromatic heterocycles. The highest BCUT2D eigenvalue weighted by molar-refractivity contribution is 6.13. The molecule has 0 aliphatic heterocycles. The number of carbonyl (C=O) groups excluding carboxylic acids is 2. The van der Waals surface area contributed by atoms with E-state index >= 15 is 0 Å². The minimum Gasteiger partial charge on any atom is -0.352 e. The van der Waals surface area contributed by atoms with Crippen molar-refractivity contribution in [2.24, 2.45) is 5.41 Å². The smallest absolute Gasteiger partial charge is 0.240 e. The molecule has 20 heavy (non-hydrogen) atoms. The van der Waals surface area contributed by atoms with Gasteiger partial charge in [-0.05, 0) is 37.8 Å². The molecule has 1 aromatic carbocycles. The van der Waals surface area contributed by atoms with E-state index in [1.165, 1.54) is 0 Å². The summed E-state index contributed by atoms with van der Waals surface area (Å²) < 4.78 is 26.3. The molecule has 2 fully saturated rings. The number of hydrogen-bond acceptors (Lipinski definition) is 2. The Bertz CT molecular complexity index is 581.